The average Bonchev–Trinajstić information content (AvgIpc) is 2.34. The first-order valence-electron chi connectivity index (χ1n) is 5.93. The van der Waals surface area contributed by atoms with Crippen molar-refractivity contribution in [3.05, 3.63) is 48.1 Å². The predicted octanol–water partition coefficient (Wildman–Crippen LogP) is 5.62. The molecule has 0 bridgehead atoms. The zero-order chi connectivity index (χ0) is 12.0. The molecule has 0 saturated heterocycles. The molecule has 0 fully saturated rings. The van der Waals surface area contributed by atoms with E-state index in [0.29, 0.717) is 5.92 Å². The Bertz CT molecular complexity index is 371. The highest BCUT2D eigenvalue weighted by molar-refractivity contribution is 7.80. The van der Waals surface area contributed by atoms with Gasteiger partial charge in [0.05, 0.1) is 0 Å². The van der Waals surface area contributed by atoms with E-state index in [1.165, 1.54) is 11.1 Å². The number of allylic oxidation sites excluding steroid dienone is 4. The summed E-state index contributed by atoms with van der Waals surface area (Å²) in [7, 11) is 0. The number of hydrogen-bond donors (Lipinski definition) is 1. The fourth-order valence-corrected chi connectivity index (χ4v) is 1.74. The monoisotopic (exact) mass is 248 g/mol. The van der Waals surface area contributed by atoms with Crippen molar-refractivity contribution in [2.75, 3.05) is 0 Å². The van der Waals surface area contributed by atoms with Gasteiger partial charge in [-0.2, -0.15) is 0 Å². The molecule has 1 unspecified atom stereocenters. The van der Waals surface area contributed by atoms with Gasteiger partial charge in [0, 0.05) is 4.90 Å². The van der Waals surface area contributed by atoms with E-state index in [9.17, 15) is 0 Å². The maximum Gasteiger partial charge on any atom is 0.00404 e. The molecule has 17 heavy (non-hydrogen) atoms. The Morgan fingerprint density at radius 1 is 1.12 bits per heavy atom. The Hall–Kier alpha value is -0.950. The van der Waals surface area contributed by atoms with Crippen LogP contribution in [0.1, 0.15) is 40.2 Å². The molecule has 1 aliphatic carbocycles. The molecule has 0 aromatic heterocycles. The minimum absolute atomic E-state index is 0. The van der Waals surface area contributed by atoms with Crippen LogP contribution in [0.2, 0.25) is 0 Å². The summed E-state index contributed by atoms with van der Waals surface area (Å²) in [5.74, 6) is 0.683. The van der Waals surface area contributed by atoms with Crippen molar-refractivity contribution in [2.24, 2.45) is 5.92 Å². The number of hydrogen-bond acceptors (Lipinski definition) is 1. The summed E-state index contributed by atoms with van der Waals surface area (Å²) in [6.45, 7) is 6.24. The predicted molar refractivity (Wildman–Crippen MR) is 82.7 cm³/mol. The summed E-state index contributed by atoms with van der Waals surface area (Å²) in [6, 6.07) is 8.30. The van der Waals surface area contributed by atoms with E-state index in [0.717, 1.165) is 11.3 Å². The zero-order valence-corrected chi connectivity index (χ0v) is 11.2. The van der Waals surface area contributed by atoms with Crippen molar-refractivity contribution in [1.82, 2.24) is 0 Å². The lowest BCUT2D eigenvalue weighted by molar-refractivity contribution is 0.739. The first-order valence-corrected chi connectivity index (χ1v) is 6.38. The van der Waals surface area contributed by atoms with E-state index >= 15 is 0 Å². The maximum absolute atomic E-state index is 4.27. The van der Waals surface area contributed by atoms with Crippen LogP contribution in [0.15, 0.2) is 47.4 Å². The van der Waals surface area contributed by atoms with Gasteiger partial charge in [0.25, 0.3) is 0 Å². The minimum atomic E-state index is 0. The number of benzene rings is 1. The first-order chi connectivity index (χ1) is 7.75. The molecular weight excluding hydrogens is 224 g/mol. The topological polar surface area (TPSA) is 0 Å². The molecule has 0 nitrogen and oxygen atoms in total. The third-order valence-electron chi connectivity index (χ3n) is 2.51. The lowest BCUT2D eigenvalue weighted by Gasteiger charge is -2.11. The van der Waals surface area contributed by atoms with E-state index in [1.54, 1.807) is 0 Å². The molecule has 1 aromatic carbocycles. The molecule has 0 spiro atoms. The fraction of sp³-hybridized carbons (Fsp3) is 0.375. The molecule has 2 rings (SSSR count). The van der Waals surface area contributed by atoms with Gasteiger partial charge in [0.1, 0.15) is 0 Å². The molecule has 1 heteroatoms. The van der Waals surface area contributed by atoms with Crippen LogP contribution in [0.4, 0.5) is 0 Å². The Morgan fingerprint density at radius 3 is 2.18 bits per heavy atom. The van der Waals surface area contributed by atoms with E-state index in [1.807, 2.05) is 26.0 Å². The lowest BCUT2D eigenvalue weighted by atomic mass is 9.94. The van der Waals surface area contributed by atoms with Crippen molar-refractivity contribution in [3.63, 3.8) is 0 Å². The maximum atomic E-state index is 4.27. The van der Waals surface area contributed by atoms with Gasteiger partial charge in [-0.25, -0.2) is 0 Å². The fourth-order valence-electron chi connectivity index (χ4n) is 1.60. The second kappa shape index (κ2) is 8.19. The molecule has 94 valence electrons. The van der Waals surface area contributed by atoms with Crippen LogP contribution >= 0.6 is 12.6 Å². The van der Waals surface area contributed by atoms with Crippen LogP contribution in [0, 0.1) is 5.92 Å². The Morgan fingerprint density at radius 2 is 1.71 bits per heavy atom. The van der Waals surface area contributed by atoms with Crippen LogP contribution < -0.4 is 0 Å². The van der Waals surface area contributed by atoms with Crippen LogP contribution in [0.3, 0.4) is 0 Å². The molecule has 0 heterocycles. The summed E-state index contributed by atoms with van der Waals surface area (Å²) >= 11 is 4.27. The Balaban J connectivity index is 0.000000811. The van der Waals surface area contributed by atoms with Gasteiger partial charge in [-0.05, 0) is 35.6 Å². The largest absolute Gasteiger partial charge is 0.143 e. The smallest absolute Gasteiger partial charge is 0.00404 e. The van der Waals surface area contributed by atoms with Gasteiger partial charge in [0.2, 0.25) is 0 Å². The molecule has 0 N–H and O–H groups in total. The van der Waals surface area contributed by atoms with Crippen LogP contribution in [0.25, 0.3) is 5.57 Å². The standard InChI is InChI=1S/C13H14S.C2H6.CH4/c1-10-2-4-11(5-3-10)12-6-8-13(14)9-7-12;1-2;/h2,4-10,14H,3H2,1H3;1-2H3;1H4. The van der Waals surface area contributed by atoms with E-state index in [-0.39, 0.29) is 7.43 Å². The minimum Gasteiger partial charge on any atom is -0.143 e. The molecule has 0 saturated carbocycles. The quantitative estimate of drug-likeness (QED) is 0.613. The summed E-state index contributed by atoms with van der Waals surface area (Å²) in [5.41, 5.74) is 2.61. The number of thiol groups is 1. The normalized spacial score (nSPS) is 17.4. The summed E-state index contributed by atoms with van der Waals surface area (Å²) in [6.07, 6.45) is 7.93. The van der Waals surface area contributed by atoms with Gasteiger partial charge in [-0.3, -0.25) is 0 Å². The second-order valence-corrected chi connectivity index (χ2v) is 4.29. The molecule has 1 aliphatic rings. The van der Waals surface area contributed by atoms with Crippen LogP contribution in [0.5, 0.6) is 0 Å². The van der Waals surface area contributed by atoms with Gasteiger partial charge in [-0.15, -0.1) is 12.6 Å². The van der Waals surface area contributed by atoms with E-state index in [4.69, 9.17) is 0 Å². The van der Waals surface area contributed by atoms with Gasteiger partial charge in [-0.1, -0.05) is 58.6 Å². The third-order valence-corrected chi connectivity index (χ3v) is 2.81. The lowest BCUT2D eigenvalue weighted by Crippen LogP contribution is -1.93. The van der Waals surface area contributed by atoms with Gasteiger partial charge in [0.15, 0.2) is 0 Å². The highest BCUT2D eigenvalue weighted by Crippen LogP contribution is 2.24. The Labute approximate surface area is 112 Å². The van der Waals surface area contributed by atoms with Gasteiger partial charge < -0.3 is 0 Å². The van der Waals surface area contributed by atoms with E-state index in [2.05, 4.69) is 49.9 Å². The van der Waals surface area contributed by atoms with E-state index < -0.39 is 0 Å². The van der Waals surface area contributed by atoms with Gasteiger partial charge >= 0.3 is 0 Å². The SMILES string of the molecule is C.CC.CC1C=CC(c2ccc(S)cc2)=CC1. The molecule has 0 aliphatic heterocycles. The highest BCUT2D eigenvalue weighted by Gasteiger charge is 2.04. The second-order valence-electron chi connectivity index (χ2n) is 3.78. The van der Waals surface area contributed by atoms with Crippen molar-refractivity contribution in [3.8, 4) is 0 Å². The van der Waals surface area contributed by atoms with Crippen molar-refractivity contribution in [1.29, 1.82) is 0 Å². The first kappa shape index (κ1) is 16.1. The van der Waals surface area contributed by atoms with Crippen molar-refractivity contribution in [2.45, 2.75) is 39.5 Å². The summed E-state index contributed by atoms with van der Waals surface area (Å²) in [4.78, 5) is 1.02. The molecule has 1 aromatic rings. The third kappa shape index (κ3) is 4.82. The highest BCUT2D eigenvalue weighted by atomic mass is 32.1. The summed E-state index contributed by atoms with van der Waals surface area (Å²) < 4.78 is 0. The average molecular weight is 248 g/mol. The van der Waals surface area contributed by atoms with Crippen molar-refractivity contribution >= 4 is 18.2 Å². The van der Waals surface area contributed by atoms with Crippen LogP contribution in [-0.4, -0.2) is 0 Å². The molecule has 0 amide bonds. The van der Waals surface area contributed by atoms with Crippen LogP contribution in [-0.2, 0) is 0 Å². The summed E-state index contributed by atoms with van der Waals surface area (Å²) in [5, 5.41) is 0. The number of rotatable bonds is 1. The molecular formula is C16H24S. The zero-order valence-electron chi connectivity index (χ0n) is 10.3. The Kier molecular flexibility index (Phi) is 7.73. The molecule has 0 radical (unpaired) electrons. The van der Waals surface area contributed by atoms with Crippen molar-refractivity contribution < 1.29 is 0 Å². The molecule has 1 atom stereocenters.